The molecular formula is C14H24N4O2. The molecule has 1 amide bonds. The van der Waals surface area contributed by atoms with E-state index in [0.717, 1.165) is 25.3 Å². The number of nitrogens with one attached hydrogen (secondary N) is 2. The van der Waals surface area contributed by atoms with Crippen LogP contribution in [-0.2, 0) is 23.0 Å². The van der Waals surface area contributed by atoms with Crippen LogP contribution >= 0.6 is 0 Å². The molecule has 0 bridgehead atoms. The lowest BCUT2D eigenvalue weighted by Crippen LogP contribution is -2.44. The number of carbonyl (C=O) groups is 1. The molecule has 0 saturated carbocycles. The average molecular weight is 280 g/mol. The number of rotatable bonds is 5. The Balaban J connectivity index is 1.73. The molecule has 6 nitrogen and oxygen atoms in total. The van der Waals surface area contributed by atoms with Crippen LogP contribution in [0.3, 0.4) is 0 Å². The Kier molecular flexibility index (Phi) is 5.14. The number of morpholine rings is 1. The highest BCUT2D eigenvalue weighted by Gasteiger charge is 2.16. The summed E-state index contributed by atoms with van der Waals surface area (Å²) in [5.41, 5.74) is 3.44. The fraction of sp³-hybridized carbons (Fsp3) is 0.714. The van der Waals surface area contributed by atoms with Crippen LogP contribution in [0.15, 0.2) is 0 Å². The standard InChI is InChI=1S/C14H24N4O2/c1-10-13(11(2)18(3)17-10)4-5-16-14(19)8-12-9-20-7-6-15-12/h12,15H,4-9H2,1-3H3,(H,16,19). The minimum atomic E-state index is 0.0761. The summed E-state index contributed by atoms with van der Waals surface area (Å²) < 4.78 is 7.22. The predicted octanol–water partition coefficient (Wildman–Crippen LogP) is 0.0741. The van der Waals surface area contributed by atoms with Crippen molar-refractivity contribution >= 4 is 5.91 Å². The summed E-state index contributed by atoms with van der Waals surface area (Å²) >= 11 is 0. The van der Waals surface area contributed by atoms with Gasteiger partial charge in [0.05, 0.1) is 18.9 Å². The summed E-state index contributed by atoms with van der Waals surface area (Å²) in [6.07, 6.45) is 1.30. The van der Waals surface area contributed by atoms with Gasteiger partial charge in [0.1, 0.15) is 0 Å². The highest BCUT2D eigenvalue weighted by molar-refractivity contribution is 5.76. The van der Waals surface area contributed by atoms with Crippen molar-refractivity contribution in [2.45, 2.75) is 32.7 Å². The van der Waals surface area contributed by atoms with Gasteiger partial charge in [-0.05, 0) is 25.8 Å². The molecule has 2 rings (SSSR count). The molecule has 6 heteroatoms. The minimum absolute atomic E-state index is 0.0761. The lowest BCUT2D eigenvalue weighted by atomic mass is 10.1. The molecule has 1 saturated heterocycles. The van der Waals surface area contributed by atoms with E-state index in [-0.39, 0.29) is 11.9 Å². The second-order valence-corrected chi connectivity index (χ2v) is 5.30. The van der Waals surface area contributed by atoms with Gasteiger partial charge >= 0.3 is 0 Å². The first-order valence-electron chi connectivity index (χ1n) is 7.15. The molecule has 1 aliphatic heterocycles. The summed E-state index contributed by atoms with van der Waals surface area (Å²) in [7, 11) is 1.94. The molecule has 1 aromatic heterocycles. The number of carbonyl (C=O) groups excluding carboxylic acids is 1. The molecule has 1 aliphatic rings. The Morgan fingerprint density at radius 2 is 2.35 bits per heavy atom. The summed E-state index contributed by atoms with van der Waals surface area (Å²) in [4.78, 5) is 11.8. The first-order valence-corrected chi connectivity index (χ1v) is 7.15. The van der Waals surface area contributed by atoms with Crippen molar-refractivity contribution < 1.29 is 9.53 Å². The van der Waals surface area contributed by atoms with Crippen LogP contribution in [0.5, 0.6) is 0 Å². The zero-order valence-corrected chi connectivity index (χ0v) is 12.5. The van der Waals surface area contributed by atoms with Crippen molar-refractivity contribution in [3.63, 3.8) is 0 Å². The van der Waals surface area contributed by atoms with Crippen molar-refractivity contribution in [2.75, 3.05) is 26.3 Å². The Morgan fingerprint density at radius 1 is 1.55 bits per heavy atom. The van der Waals surface area contributed by atoms with Crippen molar-refractivity contribution in [1.29, 1.82) is 0 Å². The number of aryl methyl sites for hydroxylation is 2. The topological polar surface area (TPSA) is 68.2 Å². The first kappa shape index (κ1) is 15.0. The molecule has 20 heavy (non-hydrogen) atoms. The number of hydrogen-bond donors (Lipinski definition) is 2. The SMILES string of the molecule is Cc1nn(C)c(C)c1CCNC(=O)CC1COCCN1. The summed E-state index contributed by atoms with van der Waals surface area (Å²) in [5.74, 6) is 0.0761. The molecule has 1 atom stereocenters. The summed E-state index contributed by atoms with van der Waals surface area (Å²) in [6.45, 7) is 6.89. The van der Waals surface area contributed by atoms with Gasteiger partial charge in [-0.2, -0.15) is 5.10 Å². The van der Waals surface area contributed by atoms with Gasteiger partial charge < -0.3 is 15.4 Å². The molecule has 1 aromatic rings. The van der Waals surface area contributed by atoms with Gasteiger partial charge in [-0.15, -0.1) is 0 Å². The zero-order valence-electron chi connectivity index (χ0n) is 12.5. The van der Waals surface area contributed by atoms with E-state index in [9.17, 15) is 4.79 Å². The molecule has 0 aromatic carbocycles. The van der Waals surface area contributed by atoms with Gasteiger partial charge in [0.2, 0.25) is 5.91 Å². The summed E-state index contributed by atoms with van der Waals surface area (Å²) in [5, 5.41) is 10.6. The van der Waals surface area contributed by atoms with Crippen LogP contribution in [-0.4, -0.2) is 48.0 Å². The molecule has 0 radical (unpaired) electrons. The van der Waals surface area contributed by atoms with Crippen LogP contribution in [0, 0.1) is 13.8 Å². The average Bonchev–Trinajstić information content (AvgIpc) is 2.66. The largest absolute Gasteiger partial charge is 0.378 e. The number of hydrogen-bond acceptors (Lipinski definition) is 4. The number of amides is 1. The Hall–Kier alpha value is -1.40. The van der Waals surface area contributed by atoms with Gasteiger partial charge in [-0.1, -0.05) is 0 Å². The van der Waals surface area contributed by atoms with Gasteiger partial charge in [0.25, 0.3) is 0 Å². The Labute approximate surface area is 119 Å². The number of nitrogens with zero attached hydrogens (tertiary/aromatic N) is 2. The molecule has 2 heterocycles. The fourth-order valence-corrected chi connectivity index (χ4v) is 2.55. The lowest BCUT2D eigenvalue weighted by molar-refractivity contribution is -0.122. The maximum Gasteiger partial charge on any atom is 0.221 e. The van der Waals surface area contributed by atoms with Crippen molar-refractivity contribution in [1.82, 2.24) is 20.4 Å². The lowest BCUT2D eigenvalue weighted by Gasteiger charge is -2.23. The molecule has 0 aliphatic carbocycles. The van der Waals surface area contributed by atoms with E-state index in [1.807, 2.05) is 18.7 Å². The van der Waals surface area contributed by atoms with Crippen molar-refractivity contribution in [3.8, 4) is 0 Å². The third kappa shape index (κ3) is 3.80. The minimum Gasteiger partial charge on any atom is -0.378 e. The number of aromatic nitrogens is 2. The second-order valence-electron chi connectivity index (χ2n) is 5.30. The van der Waals surface area contributed by atoms with Gasteiger partial charge in [-0.25, -0.2) is 0 Å². The second kappa shape index (κ2) is 6.85. The van der Waals surface area contributed by atoms with Crippen LogP contribution in [0.4, 0.5) is 0 Å². The van der Waals surface area contributed by atoms with Crippen LogP contribution in [0.2, 0.25) is 0 Å². The number of ether oxygens (including phenoxy) is 1. The Morgan fingerprint density at radius 3 is 2.95 bits per heavy atom. The van der Waals surface area contributed by atoms with E-state index in [1.165, 1.54) is 11.3 Å². The molecule has 2 N–H and O–H groups in total. The van der Waals surface area contributed by atoms with Crippen LogP contribution in [0.25, 0.3) is 0 Å². The quantitative estimate of drug-likeness (QED) is 0.801. The van der Waals surface area contributed by atoms with Crippen LogP contribution in [0.1, 0.15) is 23.4 Å². The van der Waals surface area contributed by atoms with E-state index in [0.29, 0.717) is 19.6 Å². The highest BCUT2D eigenvalue weighted by Crippen LogP contribution is 2.11. The maximum atomic E-state index is 11.8. The van der Waals surface area contributed by atoms with E-state index < -0.39 is 0 Å². The summed E-state index contributed by atoms with van der Waals surface area (Å²) in [6, 6.07) is 0.144. The molecule has 112 valence electrons. The van der Waals surface area contributed by atoms with E-state index in [2.05, 4.69) is 22.7 Å². The molecular weight excluding hydrogens is 256 g/mol. The maximum absolute atomic E-state index is 11.8. The zero-order chi connectivity index (χ0) is 14.5. The van der Waals surface area contributed by atoms with Gasteiger partial charge in [0.15, 0.2) is 0 Å². The monoisotopic (exact) mass is 280 g/mol. The normalized spacial score (nSPS) is 19.1. The van der Waals surface area contributed by atoms with Crippen molar-refractivity contribution in [2.24, 2.45) is 7.05 Å². The molecule has 1 unspecified atom stereocenters. The smallest absolute Gasteiger partial charge is 0.221 e. The van der Waals surface area contributed by atoms with E-state index >= 15 is 0 Å². The van der Waals surface area contributed by atoms with Gasteiger partial charge in [0, 0.05) is 38.3 Å². The third-order valence-corrected chi connectivity index (χ3v) is 3.79. The van der Waals surface area contributed by atoms with Crippen molar-refractivity contribution in [3.05, 3.63) is 17.0 Å². The molecule has 0 spiro atoms. The van der Waals surface area contributed by atoms with E-state index in [1.54, 1.807) is 0 Å². The highest BCUT2D eigenvalue weighted by atomic mass is 16.5. The fourth-order valence-electron chi connectivity index (χ4n) is 2.55. The first-order chi connectivity index (χ1) is 9.58. The van der Waals surface area contributed by atoms with Crippen LogP contribution < -0.4 is 10.6 Å². The van der Waals surface area contributed by atoms with E-state index in [4.69, 9.17) is 4.74 Å². The Bertz CT molecular complexity index is 464. The van der Waals surface area contributed by atoms with Gasteiger partial charge in [-0.3, -0.25) is 9.48 Å². The molecule has 1 fully saturated rings. The predicted molar refractivity (Wildman–Crippen MR) is 76.6 cm³/mol. The third-order valence-electron chi connectivity index (χ3n) is 3.79.